The summed E-state index contributed by atoms with van der Waals surface area (Å²) in [5, 5.41) is 9.87. The first-order valence-electron chi connectivity index (χ1n) is 9.66. The lowest BCUT2D eigenvalue weighted by molar-refractivity contribution is 0.0702. The predicted molar refractivity (Wildman–Crippen MR) is 112 cm³/mol. The summed E-state index contributed by atoms with van der Waals surface area (Å²) < 4.78 is 0. The first kappa shape index (κ1) is 18.2. The Balaban J connectivity index is 1.85. The normalized spacial score (nSPS) is 18.5. The quantitative estimate of drug-likeness (QED) is 0.740. The van der Waals surface area contributed by atoms with Crippen LogP contribution in [0.1, 0.15) is 47.3 Å². The molecule has 0 spiro atoms. The molecule has 1 aliphatic heterocycles. The van der Waals surface area contributed by atoms with Crippen molar-refractivity contribution in [1.29, 1.82) is 0 Å². The third-order valence-electron chi connectivity index (χ3n) is 5.52. The number of allylic oxidation sites excluding steroid dienone is 1. The maximum atomic E-state index is 12.0. The van der Waals surface area contributed by atoms with Gasteiger partial charge in [0.05, 0.1) is 0 Å². The molecule has 0 saturated carbocycles. The first-order valence-corrected chi connectivity index (χ1v) is 10.5. The van der Waals surface area contributed by atoms with Gasteiger partial charge in [-0.3, -0.25) is 0 Å². The molecule has 0 unspecified atom stereocenters. The van der Waals surface area contributed by atoms with E-state index in [2.05, 4.69) is 36.2 Å². The lowest BCUT2D eigenvalue weighted by Crippen LogP contribution is -2.28. The largest absolute Gasteiger partial charge is 0.477 e. The Bertz CT molecular complexity index is 908. The second kappa shape index (κ2) is 7.83. The molecule has 27 heavy (non-hydrogen) atoms. The van der Waals surface area contributed by atoms with Crippen molar-refractivity contribution in [2.24, 2.45) is 0 Å². The number of hydrogen-bond acceptors (Lipinski definition) is 3. The summed E-state index contributed by atoms with van der Waals surface area (Å²) in [5.74, 6) is -0.819. The summed E-state index contributed by atoms with van der Waals surface area (Å²) >= 11 is 1.40. The molecule has 0 fully saturated rings. The minimum absolute atomic E-state index is 0.474. The zero-order chi connectivity index (χ0) is 18.8. The van der Waals surface area contributed by atoms with Crippen LogP contribution < -0.4 is 0 Å². The number of rotatable bonds is 4. The van der Waals surface area contributed by atoms with Gasteiger partial charge in [0.2, 0.25) is 0 Å². The van der Waals surface area contributed by atoms with Gasteiger partial charge < -0.3 is 10.0 Å². The minimum Gasteiger partial charge on any atom is -0.477 e. The minimum atomic E-state index is -0.819. The van der Waals surface area contributed by atoms with E-state index >= 15 is 0 Å². The Morgan fingerprint density at radius 1 is 1.11 bits per heavy atom. The van der Waals surface area contributed by atoms with Gasteiger partial charge in [-0.1, -0.05) is 36.4 Å². The van der Waals surface area contributed by atoms with E-state index in [1.54, 1.807) is 0 Å². The molecule has 1 aromatic carbocycles. The second-order valence-electron chi connectivity index (χ2n) is 7.44. The van der Waals surface area contributed by atoms with E-state index in [4.69, 9.17) is 0 Å². The Hall–Kier alpha value is -2.17. The highest BCUT2D eigenvalue weighted by Gasteiger charge is 2.26. The van der Waals surface area contributed by atoms with Gasteiger partial charge in [-0.05, 0) is 67.5 Å². The highest BCUT2D eigenvalue weighted by molar-refractivity contribution is 7.17. The SMILES string of the molecule is CN1CCC(c2cc(-c3ccccc3)sc2C(=O)O)=C(C2=CCCCC2)C1. The van der Waals surface area contributed by atoms with Crippen molar-refractivity contribution in [2.75, 3.05) is 20.1 Å². The molecule has 1 aliphatic carbocycles. The number of hydrogen-bond donors (Lipinski definition) is 1. The molecule has 0 amide bonds. The van der Waals surface area contributed by atoms with E-state index in [-0.39, 0.29) is 0 Å². The van der Waals surface area contributed by atoms with E-state index in [0.717, 1.165) is 48.4 Å². The summed E-state index contributed by atoms with van der Waals surface area (Å²) in [6, 6.07) is 12.2. The Kier molecular flexibility index (Phi) is 5.28. The molecule has 0 bridgehead atoms. The molecule has 1 N–H and O–H groups in total. The van der Waals surface area contributed by atoms with Crippen molar-refractivity contribution >= 4 is 22.9 Å². The van der Waals surface area contributed by atoms with Crippen LogP contribution in [-0.2, 0) is 0 Å². The molecule has 2 aromatic rings. The van der Waals surface area contributed by atoms with Crippen LogP contribution in [-0.4, -0.2) is 36.1 Å². The van der Waals surface area contributed by atoms with Crippen LogP contribution in [0.5, 0.6) is 0 Å². The maximum absolute atomic E-state index is 12.0. The zero-order valence-electron chi connectivity index (χ0n) is 15.7. The number of carboxylic acids is 1. The van der Waals surface area contributed by atoms with E-state index in [1.165, 1.54) is 40.9 Å². The summed E-state index contributed by atoms with van der Waals surface area (Å²) in [6.45, 7) is 1.89. The maximum Gasteiger partial charge on any atom is 0.346 e. The lowest BCUT2D eigenvalue weighted by atomic mass is 9.85. The van der Waals surface area contributed by atoms with Gasteiger partial charge in [-0.25, -0.2) is 4.79 Å². The third kappa shape index (κ3) is 3.78. The van der Waals surface area contributed by atoms with Gasteiger partial charge in [0.15, 0.2) is 0 Å². The second-order valence-corrected chi connectivity index (χ2v) is 8.50. The molecule has 140 valence electrons. The molecule has 2 aliphatic rings. The van der Waals surface area contributed by atoms with Crippen LogP contribution >= 0.6 is 11.3 Å². The average molecular weight is 380 g/mol. The number of aromatic carboxylic acids is 1. The highest BCUT2D eigenvalue weighted by Crippen LogP contribution is 2.41. The van der Waals surface area contributed by atoms with Crippen LogP contribution in [0.25, 0.3) is 16.0 Å². The molecule has 0 atom stereocenters. The number of thiophene rings is 1. The molecule has 2 heterocycles. The molecule has 4 rings (SSSR count). The summed E-state index contributed by atoms with van der Waals surface area (Å²) in [7, 11) is 2.15. The summed E-state index contributed by atoms with van der Waals surface area (Å²) in [6.07, 6.45) is 8.04. The number of nitrogens with zero attached hydrogens (tertiary/aromatic N) is 1. The first-order chi connectivity index (χ1) is 13.1. The van der Waals surface area contributed by atoms with Gasteiger partial charge >= 0.3 is 5.97 Å². The Labute approximate surface area is 164 Å². The van der Waals surface area contributed by atoms with Gasteiger partial charge in [-0.15, -0.1) is 11.3 Å². The molecular formula is C23H25NO2S. The van der Waals surface area contributed by atoms with Gasteiger partial charge in [0.25, 0.3) is 0 Å². The van der Waals surface area contributed by atoms with Crippen LogP contribution in [0.3, 0.4) is 0 Å². The summed E-state index contributed by atoms with van der Waals surface area (Å²) in [5.41, 5.74) is 6.07. The van der Waals surface area contributed by atoms with Gasteiger partial charge in [-0.2, -0.15) is 0 Å². The van der Waals surface area contributed by atoms with E-state index in [9.17, 15) is 9.90 Å². The third-order valence-corrected chi connectivity index (χ3v) is 6.70. The van der Waals surface area contributed by atoms with Crippen molar-refractivity contribution < 1.29 is 9.90 Å². The summed E-state index contributed by atoms with van der Waals surface area (Å²) in [4.78, 5) is 15.9. The standard InChI is InChI=1S/C23H25NO2S/c1-24-13-12-18(20(15-24)16-8-4-2-5-9-16)19-14-21(27-22(19)23(25)26)17-10-6-3-7-11-17/h3,6-8,10-11,14H,2,4-5,9,12-13,15H2,1H3,(H,25,26). The van der Waals surface area contributed by atoms with E-state index < -0.39 is 5.97 Å². The van der Waals surface area contributed by atoms with Crippen LogP contribution in [0, 0.1) is 0 Å². The fraction of sp³-hybridized carbons (Fsp3) is 0.348. The van der Waals surface area contributed by atoms with E-state index in [1.807, 2.05) is 18.2 Å². The van der Waals surface area contributed by atoms with Crippen molar-refractivity contribution in [1.82, 2.24) is 4.90 Å². The van der Waals surface area contributed by atoms with Crippen LogP contribution in [0.4, 0.5) is 0 Å². The van der Waals surface area contributed by atoms with Gasteiger partial charge in [0, 0.05) is 23.5 Å². The van der Waals surface area contributed by atoms with Crippen molar-refractivity contribution in [3.8, 4) is 10.4 Å². The predicted octanol–water partition coefficient (Wildman–Crippen LogP) is 5.70. The smallest absolute Gasteiger partial charge is 0.346 e. The molecule has 3 nitrogen and oxygen atoms in total. The highest BCUT2D eigenvalue weighted by atomic mass is 32.1. The monoisotopic (exact) mass is 379 g/mol. The number of carbonyl (C=O) groups is 1. The lowest BCUT2D eigenvalue weighted by Gasteiger charge is -2.30. The Morgan fingerprint density at radius 3 is 2.63 bits per heavy atom. The number of benzene rings is 1. The molecule has 0 radical (unpaired) electrons. The molecule has 4 heteroatoms. The fourth-order valence-electron chi connectivity index (χ4n) is 4.12. The van der Waals surface area contributed by atoms with Crippen molar-refractivity contribution in [2.45, 2.75) is 32.1 Å². The number of carboxylic acid groups (broad SMARTS) is 1. The van der Waals surface area contributed by atoms with Crippen molar-refractivity contribution in [3.63, 3.8) is 0 Å². The van der Waals surface area contributed by atoms with Gasteiger partial charge in [0.1, 0.15) is 4.88 Å². The number of likely N-dealkylation sites (N-methyl/N-ethyl adjacent to an activating group) is 1. The Morgan fingerprint density at radius 2 is 1.93 bits per heavy atom. The molecular weight excluding hydrogens is 354 g/mol. The van der Waals surface area contributed by atoms with Crippen molar-refractivity contribution in [3.05, 3.63) is 64.1 Å². The van der Waals surface area contributed by atoms with Crippen LogP contribution in [0.2, 0.25) is 0 Å². The molecule has 1 aromatic heterocycles. The molecule has 0 saturated heterocycles. The fourth-order valence-corrected chi connectivity index (χ4v) is 5.15. The average Bonchev–Trinajstić information content (AvgIpc) is 3.15. The topological polar surface area (TPSA) is 40.5 Å². The zero-order valence-corrected chi connectivity index (χ0v) is 16.5. The van der Waals surface area contributed by atoms with E-state index in [0.29, 0.717) is 4.88 Å². The van der Waals surface area contributed by atoms with Crippen LogP contribution in [0.15, 0.2) is 53.6 Å².